The van der Waals surface area contributed by atoms with Gasteiger partial charge in [0.05, 0.1) is 17.2 Å². The Balaban J connectivity index is 1.14. The zero-order valence-electron chi connectivity index (χ0n) is 22.1. The van der Waals surface area contributed by atoms with E-state index in [1.165, 1.54) is 0 Å². The van der Waals surface area contributed by atoms with Gasteiger partial charge in [-0.3, -0.25) is 15.1 Å². The first kappa shape index (κ1) is 24.1. The number of aromatic nitrogens is 3. The number of carbonyl (C=O) groups excluding carboxylic acids is 1. The summed E-state index contributed by atoms with van der Waals surface area (Å²) >= 11 is 0. The van der Waals surface area contributed by atoms with Crippen molar-refractivity contribution in [3.05, 3.63) is 137 Å². The molecule has 194 valence electrons. The number of hydrogen-bond acceptors (Lipinski definition) is 4. The van der Waals surface area contributed by atoms with Gasteiger partial charge in [-0.2, -0.15) is 5.26 Å². The first-order valence-corrected chi connectivity index (χ1v) is 13.5. The third-order valence-corrected chi connectivity index (χ3v) is 8.66. The molecule has 2 bridgehead atoms. The van der Waals surface area contributed by atoms with E-state index < -0.39 is 10.8 Å². The standard InChI is InChI=1S/C34H27N5O/c1-33(20-34(21-35)28-8-4-2-6-26(28)30(33)27-7-3-5-9-29(27)34)31(40)39-32-37-19-25(38-32)18-22-10-12-23(13-11-22)24-14-16-36-17-15-24/h2-17,19,30H,18,20H2,1H3,(H2,37,38,39,40). The summed E-state index contributed by atoms with van der Waals surface area (Å²) in [7, 11) is 0. The van der Waals surface area contributed by atoms with Crippen LogP contribution in [-0.2, 0) is 16.6 Å². The van der Waals surface area contributed by atoms with Gasteiger partial charge in [-0.05, 0) is 64.4 Å². The lowest BCUT2D eigenvalue weighted by Gasteiger charge is -2.54. The third-order valence-electron chi connectivity index (χ3n) is 8.66. The summed E-state index contributed by atoms with van der Waals surface area (Å²) in [5, 5.41) is 13.6. The third kappa shape index (κ3) is 3.59. The van der Waals surface area contributed by atoms with E-state index in [-0.39, 0.29) is 11.8 Å². The number of fused-ring (bicyclic) bond motifs is 1. The maximum absolute atomic E-state index is 14.0. The van der Waals surface area contributed by atoms with Gasteiger partial charge in [-0.15, -0.1) is 0 Å². The zero-order chi connectivity index (χ0) is 27.3. The van der Waals surface area contributed by atoms with Crippen molar-refractivity contribution in [2.45, 2.75) is 31.1 Å². The molecule has 40 heavy (non-hydrogen) atoms. The van der Waals surface area contributed by atoms with Crippen LogP contribution in [-0.4, -0.2) is 20.9 Å². The minimum Gasteiger partial charge on any atom is -0.330 e. The molecule has 1 amide bonds. The SMILES string of the molecule is CC1(C(=O)Nc2nc(Cc3ccc(-c4ccncc4)cc3)c[nH]2)CC2(C#N)c3ccccc3C1c1ccccc12. The molecule has 2 aromatic heterocycles. The minimum atomic E-state index is -0.870. The van der Waals surface area contributed by atoms with Gasteiger partial charge >= 0.3 is 0 Å². The van der Waals surface area contributed by atoms with E-state index >= 15 is 0 Å². The van der Waals surface area contributed by atoms with Crippen molar-refractivity contribution in [2.24, 2.45) is 5.41 Å². The van der Waals surface area contributed by atoms with Gasteiger partial charge in [0.25, 0.3) is 0 Å². The maximum Gasteiger partial charge on any atom is 0.233 e. The van der Waals surface area contributed by atoms with Crippen LogP contribution in [0.4, 0.5) is 5.95 Å². The van der Waals surface area contributed by atoms with Gasteiger partial charge in [0.15, 0.2) is 0 Å². The molecule has 6 heteroatoms. The Bertz CT molecular complexity index is 1740. The lowest BCUT2D eigenvalue weighted by atomic mass is 9.47. The van der Waals surface area contributed by atoms with Crippen LogP contribution in [0.25, 0.3) is 11.1 Å². The number of aromatic amines is 1. The smallest absolute Gasteiger partial charge is 0.233 e. The molecule has 0 aliphatic heterocycles. The first-order chi connectivity index (χ1) is 19.5. The number of amides is 1. The van der Waals surface area contributed by atoms with Crippen LogP contribution in [0.2, 0.25) is 0 Å². The predicted octanol–water partition coefficient (Wildman–Crippen LogP) is 6.37. The number of H-pyrrole nitrogens is 1. The topological polar surface area (TPSA) is 94.5 Å². The number of nitrogens with one attached hydrogen (secondary N) is 2. The fourth-order valence-corrected chi connectivity index (χ4v) is 6.82. The second-order valence-corrected chi connectivity index (χ2v) is 11.0. The molecule has 1 atom stereocenters. The van der Waals surface area contributed by atoms with Crippen LogP contribution in [0.3, 0.4) is 0 Å². The van der Waals surface area contributed by atoms with E-state index in [0.29, 0.717) is 18.8 Å². The Morgan fingerprint density at radius 2 is 1.57 bits per heavy atom. The monoisotopic (exact) mass is 521 g/mol. The highest BCUT2D eigenvalue weighted by Gasteiger charge is 2.61. The van der Waals surface area contributed by atoms with Crippen molar-refractivity contribution in [2.75, 3.05) is 5.32 Å². The number of hydrogen-bond donors (Lipinski definition) is 2. The Kier molecular flexibility index (Phi) is 5.43. The van der Waals surface area contributed by atoms with Crippen LogP contribution >= 0.6 is 0 Å². The molecule has 3 aliphatic carbocycles. The highest BCUT2D eigenvalue weighted by molar-refractivity contribution is 5.96. The summed E-state index contributed by atoms with van der Waals surface area (Å²) in [5.41, 5.74) is 6.68. The second kappa shape index (κ2) is 9.03. The lowest BCUT2D eigenvalue weighted by Crippen LogP contribution is -2.53. The summed E-state index contributed by atoms with van der Waals surface area (Å²) in [5.74, 6) is 0.135. The number of benzene rings is 3. The van der Waals surface area contributed by atoms with Crippen molar-refractivity contribution < 1.29 is 4.79 Å². The average molecular weight is 522 g/mol. The number of imidazole rings is 1. The minimum absolute atomic E-state index is 0.135. The summed E-state index contributed by atoms with van der Waals surface area (Å²) in [4.78, 5) is 25.9. The molecule has 3 aliphatic rings. The van der Waals surface area contributed by atoms with E-state index in [4.69, 9.17) is 0 Å². The second-order valence-electron chi connectivity index (χ2n) is 11.0. The number of rotatable bonds is 5. The Morgan fingerprint density at radius 3 is 2.23 bits per heavy atom. The normalized spacial score (nSPS) is 22.1. The van der Waals surface area contributed by atoms with E-state index in [0.717, 1.165) is 44.6 Å². The largest absolute Gasteiger partial charge is 0.330 e. The molecule has 0 fully saturated rings. The highest BCUT2D eigenvalue weighted by Crippen LogP contribution is 2.63. The van der Waals surface area contributed by atoms with Gasteiger partial charge < -0.3 is 4.98 Å². The van der Waals surface area contributed by atoms with Crippen molar-refractivity contribution in [1.82, 2.24) is 15.0 Å². The van der Waals surface area contributed by atoms with Crippen molar-refractivity contribution in [3.63, 3.8) is 0 Å². The Labute approximate surface area is 232 Å². The number of anilines is 1. The molecule has 0 saturated carbocycles. The van der Waals surface area contributed by atoms with Crippen molar-refractivity contribution in [3.8, 4) is 17.2 Å². The molecule has 6 nitrogen and oxygen atoms in total. The highest BCUT2D eigenvalue weighted by atomic mass is 16.2. The molecular formula is C34H27N5O. The van der Waals surface area contributed by atoms with Crippen LogP contribution in [0.5, 0.6) is 0 Å². The summed E-state index contributed by atoms with van der Waals surface area (Å²) in [6, 6.07) is 31.2. The summed E-state index contributed by atoms with van der Waals surface area (Å²) < 4.78 is 0. The molecular weight excluding hydrogens is 494 g/mol. The number of nitrogens with zero attached hydrogens (tertiary/aromatic N) is 3. The van der Waals surface area contributed by atoms with Gasteiger partial charge in [0, 0.05) is 30.9 Å². The van der Waals surface area contributed by atoms with Gasteiger partial charge in [-0.25, -0.2) is 4.98 Å². The number of carbonyl (C=O) groups is 1. The quantitative estimate of drug-likeness (QED) is 0.281. The predicted molar refractivity (Wildman–Crippen MR) is 154 cm³/mol. The molecule has 2 N–H and O–H groups in total. The number of pyridine rings is 1. The fourth-order valence-electron chi connectivity index (χ4n) is 6.82. The van der Waals surface area contributed by atoms with E-state index in [1.54, 1.807) is 12.4 Å². The molecule has 3 aromatic carbocycles. The van der Waals surface area contributed by atoms with Crippen LogP contribution in [0.1, 0.15) is 52.8 Å². The van der Waals surface area contributed by atoms with Gasteiger partial charge in [-0.1, -0.05) is 72.8 Å². The summed E-state index contributed by atoms with van der Waals surface area (Å²) in [6.45, 7) is 1.99. The molecule has 0 spiro atoms. The first-order valence-electron chi connectivity index (χ1n) is 13.5. The fraction of sp³-hybridized carbons (Fsp3) is 0.176. The lowest BCUT2D eigenvalue weighted by molar-refractivity contribution is -0.127. The Morgan fingerprint density at radius 1 is 0.950 bits per heavy atom. The van der Waals surface area contributed by atoms with Crippen molar-refractivity contribution in [1.29, 1.82) is 5.26 Å². The zero-order valence-corrected chi connectivity index (χ0v) is 22.1. The van der Waals surface area contributed by atoms with Crippen LogP contribution in [0.15, 0.2) is 104 Å². The molecule has 2 heterocycles. The van der Waals surface area contributed by atoms with Crippen LogP contribution in [0, 0.1) is 16.7 Å². The average Bonchev–Trinajstić information content (AvgIpc) is 3.44. The van der Waals surface area contributed by atoms with E-state index in [9.17, 15) is 10.1 Å². The van der Waals surface area contributed by atoms with Crippen LogP contribution < -0.4 is 5.32 Å². The number of nitriles is 1. The van der Waals surface area contributed by atoms with E-state index in [1.807, 2.05) is 61.7 Å². The maximum atomic E-state index is 14.0. The van der Waals surface area contributed by atoms with Crippen molar-refractivity contribution >= 4 is 11.9 Å². The Hall–Kier alpha value is -5.02. The molecule has 0 radical (unpaired) electrons. The van der Waals surface area contributed by atoms with E-state index in [2.05, 4.69) is 62.7 Å². The summed E-state index contributed by atoms with van der Waals surface area (Å²) in [6.07, 6.45) is 6.47. The van der Waals surface area contributed by atoms with Gasteiger partial charge in [0.2, 0.25) is 11.9 Å². The molecule has 5 aromatic rings. The van der Waals surface area contributed by atoms with Gasteiger partial charge in [0.1, 0.15) is 5.41 Å². The molecule has 8 rings (SSSR count). The molecule has 1 unspecified atom stereocenters. The molecule has 0 saturated heterocycles.